The molecule has 0 aliphatic heterocycles. The van der Waals surface area contributed by atoms with E-state index in [2.05, 4.69) is 10.4 Å². The number of rotatable bonds is 6. The molecule has 27 heavy (non-hydrogen) atoms. The summed E-state index contributed by atoms with van der Waals surface area (Å²) in [7, 11) is 1.57. The van der Waals surface area contributed by atoms with E-state index >= 15 is 0 Å². The van der Waals surface area contributed by atoms with Crippen LogP contribution in [-0.4, -0.2) is 29.4 Å². The van der Waals surface area contributed by atoms with Crippen LogP contribution in [0.3, 0.4) is 0 Å². The minimum atomic E-state index is -0.210. The fraction of sp³-hybridized carbons (Fsp3) is 0.238. The third kappa shape index (κ3) is 3.79. The van der Waals surface area contributed by atoms with Crippen molar-refractivity contribution in [1.82, 2.24) is 9.78 Å². The Labute approximate surface area is 158 Å². The van der Waals surface area contributed by atoms with E-state index in [0.717, 1.165) is 11.4 Å². The Morgan fingerprint density at radius 1 is 1.11 bits per heavy atom. The fourth-order valence-electron chi connectivity index (χ4n) is 3.01. The quantitative estimate of drug-likeness (QED) is 0.713. The molecule has 3 rings (SSSR count). The van der Waals surface area contributed by atoms with Crippen LogP contribution in [-0.2, 0) is 0 Å². The topological polar surface area (TPSA) is 65.4 Å². The number of para-hydroxylation sites is 1. The van der Waals surface area contributed by atoms with Crippen molar-refractivity contribution in [2.75, 3.05) is 19.0 Å². The van der Waals surface area contributed by atoms with E-state index < -0.39 is 0 Å². The van der Waals surface area contributed by atoms with Gasteiger partial charge in [0, 0.05) is 11.8 Å². The zero-order chi connectivity index (χ0) is 19.4. The normalized spacial score (nSPS) is 10.5. The number of methoxy groups -OCH3 is 1. The first kappa shape index (κ1) is 18.5. The first-order chi connectivity index (χ1) is 13.0. The molecule has 0 saturated heterocycles. The predicted octanol–water partition coefficient (Wildman–Crippen LogP) is 4.15. The van der Waals surface area contributed by atoms with Crippen molar-refractivity contribution >= 4 is 11.6 Å². The van der Waals surface area contributed by atoms with Crippen molar-refractivity contribution in [3.8, 4) is 17.2 Å². The highest BCUT2D eigenvalue weighted by atomic mass is 16.5. The molecule has 1 heterocycles. The third-order valence-electron chi connectivity index (χ3n) is 4.24. The van der Waals surface area contributed by atoms with Crippen LogP contribution in [0.1, 0.15) is 28.7 Å². The number of carbonyl (C=O) groups excluding carboxylic acids is 1. The van der Waals surface area contributed by atoms with Crippen molar-refractivity contribution in [1.29, 1.82) is 0 Å². The molecule has 6 nitrogen and oxygen atoms in total. The molecule has 0 spiro atoms. The van der Waals surface area contributed by atoms with Crippen LogP contribution in [0, 0.1) is 13.8 Å². The summed E-state index contributed by atoms with van der Waals surface area (Å²) in [6.07, 6.45) is 0. The monoisotopic (exact) mass is 365 g/mol. The van der Waals surface area contributed by atoms with Gasteiger partial charge in [-0.05, 0) is 45.0 Å². The molecule has 0 fully saturated rings. The van der Waals surface area contributed by atoms with Gasteiger partial charge in [-0.2, -0.15) is 5.10 Å². The van der Waals surface area contributed by atoms with Crippen molar-refractivity contribution in [2.45, 2.75) is 20.8 Å². The molecular weight excluding hydrogens is 342 g/mol. The summed E-state index contributed by atoms with van der Waals surface area (Å²) in [6, 6.07) is 15.1. The minimum absolute atomic E-state index is 0.210. The van der Waals surface area contributed by atoms with Crippen LogP contribution in [0.25, 0.3) is 5.69 Å². The van der Waals surface area contributed by atoms with E-state index in [4.69, 9.17) is 9.47 Å². The molecule has 0 bridgehead atoms. The Bertz CT molecular complexity index is 949. The maximum atomic E-state index is 12.9. The lowest BCUT2D eigenvalue weighted by Gasteiger charge is -2.12. The lowest BCUT2D eigenvalue weighted by molar-refractivity contribution is 0.102. The highest BCUT2D eigenvalue weighted by Crippen LogP contribution is 2.30. The van der Waals surface area contributed by atoms with E-state index in [1.807, 2.05) is 51.1 Å². The number of hydrogen-bond acceptors (Lipinski definition) is 4. The molecule has 2 aromatic carbocycles. The zero-order valence-corrected chi connectivity index (χ0v) is 15.9. The number of carbonyl (C=O) groups is 1. The zero-order valence-electron chi connectivity index (χ0n) is 15.9. The molecule has 140 valence electrons. The lowest BCUT2D eigenvalue weighted by atomic mass is 10.1. The molecule has 0 aliphatic carbocycles. The van der Waals surface area contributed by atoms with Gasteiger partial charge in [-0.3, -0.25) is 4.79 Å². The Balaban J connectivity index is 1.88. The summed E-state index contributed by atoms with van der Waals surface area (Å²) in [5.74, 6) is 1.00. The maximum Gasteiger partial charge on any atom is 0.259 e. The highest BCUT2D eigenvalue weighted by Gasteiger charge is 2.20. The van der Waals surface area contributed by atoms with Gasteiger partial charge in [0.25, 0.3) is 5.91 Å². The second-order valence-corrected chi connectivity index (χ2v) is 6.05. The standard InChI is InChI=1S/C21H23N3O3/c1-5-27-18-12-11-16(13-19(18)26-4)22-21(25)20-14(2)23-24(15(20)3)17-9-7-6-8-10-17/h6-13H,5H2,1-4H3,(H,22,25). The number of hydrogen-bond donors (Lipinski definition) is 1. The number of anilines is 1. The van der Waals surface area contributed by atoms with Crippen LogP contribution in [0.2, 0.25) is 0 Å². The van der Waals surface area contributed by atoms with Crippen LogP contribution >= 0.6 is 0 Å². The van der Waals surface area contributed by atoms with E-state index in [0.29, 0.717) is 35.1 Å². The third-order valence-corrected chi connectivity index (χ3v) is 4.24. The van der Waals surface area contributed by atoms with Gasteiger partial charge in [0.1, 0.15) is 0 Å². The molecule has 0 aliphatic rings. The molecule has 0 radical (unpaired) electrons. The summed E-state index contributed by atoms with van der Waals surface area (Å²) >= 11 is 0. The van der Waals surface area contributed by atoms with E-state index in [9.17, 15) is 4.79 Å². The first-order valence-corrected chi connectivity index (χ1v) is 8.79. The summed E-state index contributed by atoms with van der Waals surface area (Å²) in [5, 5.41) is 7.45. The summed E-state index contributed by atoms with van der Waals surface area (Å²) < 4.78 is 12.6. The van der Waals surface area contributed by atoms with Gasteiger partial charge in [-0.25, -0.2) is 4.68 Å². The number of ether oxygens (including phenoxy) is 2. The van der Waals surface area contributed by atoms with Gasteiger partial charge in [0.15, 0.2) is 11.5 Å². The van der Waals surface area contributed by atoms with Crippen LogP contribution < -0.4 is 14.8 Å². The Morgan fingerprint density at radius 3 is 2.52 bits per heavy atom. The van der Waals surface area contributed by atoms with Gasteiger partial charge >= 0.3 is 0 Å². The lowest BCUT2D eigenvalue weighted by Crippen LogP contribution is -2.14. The average Bonchev–Trinajstić information content (AvgIpc) is 2.98. The summed E-state index contributed by atoms with van der Waals surface area (Å²) in [5.41, 5.74) is 3.57. The number of nitrogens with one attached hydrogen (secondary N) is 1. The Morgan fingerprint density at radius 2 is 1.85 bits per heavy atom. The maximum absolute atomic E-state index is 12.9. The van der Waals surface area contributed by atoms with Gasteiger partial charge in [0.05, 0.1) is 36.4 Å². The van der Waals surface area contributed by atoms with E-state index in [-0.39, 0.29) is 5.91 Å². The highest BCUT2D eigenvalue weighted by molar-refractivity contribution is 6.06. The van der Waals surface area contributed by atoms with E-state index in [1.54, 1.807) is 30.0 Å². The summed E-state index contributed by atoms with van der Waals surface area (Å²) in [6.45, 7) is 6.17. The van der Waals surface area contributed by atoms with Gasteiger partial charge in [-0.1, -0.05) is 18.2 Å². The second kappa shape index (κ2) is 7.95. The molecule has 1 N–H and O–H groups in total. The van der Waals surface area contributed by atoms with E-state index in [1.165, 1.54) is 0 Å². The summed E-state index contributed by atoms with van der Waals surface area (Å²) in [4.78, 5) is 12.9. The largest absolute Gasteiger partial charge is 0.493 e. The number of amides is 1. The van der Waals surface area contributed by atoms with Crippen molar-refractivity contribution in [2.24, 2.45) is 0 Å². The van der Waals surface area contributed by atoms with Crippen molar-refractivity contribution in [3.05, 3.63) is 65.5 Å². The molecule has 0 unspecified atom stereocenters. The number of aryl methyl sites for hydroxylation is 1. The van der Waals surface area contributed by atoms with Gasteiger partial charge in [-0.15, -0.1) is 0 Å². The predicted molar refractivity (Wildman–Crippen MR) is 105 cm³/mol. The van der Waals surface area contributed by atoms with Crippen LogP contribution in [0.5, 0.6) is 11.5 Å². The average molecular weight is 365 g/mol. The minimum Gasteiger partial charge on any atom is -0.493 e. The molecule has 0 saturated carbocycles. The van der Waals surface area contributed by atoms with Crippen molar-refractivity contribution in [3.63, 3.8) is 0 Å². The molecule has 6 heteroatoms. The SMILES string of the molecule is CCOc1ccc(NC(=O)c2c(C)nn(-c3ccccc3)c2C)cc1OC. The molecule has 1 aromatic heterocycles. The molecule has 1 amide bonds. The first-order valence-electron chi connectivity index (χ1n) is 8.79. The number of benzene rings is 2. The Hall–Kier alpha value is -3.28. The molecule has 3 aromatic rings. The number of aromatic nitrogens is 2. The molecular formula is C21H23N3O3. The van der Waals surface area contributed by atoms with Crippen LogP contribution in [0.4, 0.5) is 5.69 Å². The smallest absolute Gasteiger partial charge is 0.259 e. The Kier molecular flexibility index (Phi) is 5.45. The number of nitrogens with zero attached hydrogens (tertiary/aromatic N) is 2. The fourth-order valence-corrected chi connectivity index (χ4v) is 3.01. The van der Waals surface area contributed by atoms with Gasteiger partial charge < -0.3 is 14.8 Å². The second-order valence-electron chi connectivity index (χ2n) is 6.05. The van der Waals surface area contributed by atoms with Crippen LogP contribution in [0.15, 0.2) is 48.5 Å². The molecule has 0 atom stereocenters. The van der Waals surface area contributed by atoms with Crippen molar-refractivity contribution < 1.29 is 14.3 Å². The van der Waals surface area contributed by atoms with Gasteiger partial charge in [0.2, 0.25) is 0 Å².